The lowest BCUT2D eigenvalue weighted by atomic mass is 10.1. The lowest BCUT2D eigenvalue weighted by Gasteiger charge is -2.15. The molecule has 0 aliphatic heterocycles. The molecule has 0 saturated heterocycles. The van der Waals surface area contributed by atoms with E-state index in [9.17, 15) is 14.9 Å². The van der Waals surface area contributed by atoms with E-state index in [1.54, 1.807) is 12.1 Å². The molecule has 0 saturated carbocycles. The number of anilines is 1. The number of nitrogens with one attached hydrogen (secondary N) is 2. The molecule has 0 aromatic heterocycles. The number of benzene rings is 2. The van der Waals surface area contributed by atoms with Crippen LogP contribution in [0.15, 0.2) is 42.5 Å². The first-order valence-electron chi connectivity index (χ1n) is 7.77. The van der Waals surface area contributed by atoms with Gasteiger partial charge in [-0.15, -0.1) is 0 Å². The highest BCUT2D eigenvalue weighted by atomic mass is 16.6. The van der Waals surface area contributed by atoms with Crippen molar-refractivity contribution in [3.63, 3.8) is 0 Å². The van der Waals surface area contributed by atoms with Crippen molar-refractivity contribution in [2.45, 2.75) is 20.4 Å². The molecule has 0 bridgehead atoms. The summed E-state index contributed by atoms with van der Waals surface area (Å²) in [6.45, 7) is 4.94. The number of rotatable bonds is 6. The van der Waals surface area contributed by atoms with Gasteiger partial charge in [-0.1, -0.05) is 12.1 Å². The average molecular weight is 328 g/mol. The third-order valence-electron chi connectivity index (χ3n) is 3.99. The fourth-order valence-corrected chi connectivity index (χ4v) is 2.50. The maximum absolute atomic E-state index is 12.2. The van der Waals surface area contributed by atoms with E-state index in [1.807, 2.05) is 39.1 Å². The number of amides is 1. The fourth-order valence-electron chi connectivity index (χ4n) is 2.50. The summed E-state index contributed by atoms with van der Waals surface area (Å²) in [5.41, 5.74) is 4.07. The molecule has 2 aromatic rings. The quantitative estimate of drug-likeness (QED) is 0.628. The zero-order valence-corrected chi connectivity index (χ0v) is 14.1. The van der Waals surface area contributed by atoms with Crippen LogP contribution in [0, 0.1) is 24.0 Å². The number of nitrogens with zero attached hydrogens (tertiary/aromatic N) is 1. The summed E-state index contributed by atoms with van der Waals surface area (Å²) in [6, 6.07) is 12.3. The fraction of sp³-hybridized carbons (Fsp3) is 0.278. The number of hydrogen-bond acceptors (Lipinski definition) is 3. The number of aryl methyl sites for hydroxylation is 1. The molecule has 2 rings (SSSR count). The Morgan fingerprint density at radius 3 is 2.46 bits per heavy atom. The largest absolute Gasteiger partial charge is 0.326 e. The van der Waals surface area contributed by atoms with Crippen molar-refractivity contribution in [2.24, 2.45) is 0 Å². The van der Waals surface area contributed by atoms with Crippen molar-refractivity contribution in [3.8, 4) is 0 Å². The van der Waals surface area contributed by atoms with E-state index >= 15 is 0 Å². The third kappa shape index (κ3) is 4.63. The van der Waals surface area contributed by atoms with Gasteiger partial charge in [-0.2, -0.15) is 0 Å². The molecule has 24 heavy (non-hydrogen) atoms. The van der Waals surface area contributed by atoms with Gasteiger partial charge in [-0.25, -0.2) is 0 Å². The summed E-state index contributed by atoms with van der Waals surface area (Å²) >= 11 is 0. The average Bonchev–Trinajstić information content (AvgIpc) is 2.52. The number of non-ortho nitro benzene ring substituents is 1. The molecule has 0 heterocycles. The van der Waals surface area contributed by atoms with Gasteiger partial charge in [0.1, 0.15) is 6.54 Å². The molecule has 0 spiro atoms. The summed E-state index contributed by atoms with van der Waals surface area (Å²) in [5, 5.41) is 13.6. The van der Waals surface area contributed by atoms with E-state index in [0.717, 1.165) is 27.3 Å². The number of carbonyl (C=O) groups is 1. The number of nitro groups is 1. The van der Waals surface area contributed by atoms with Crippen LogP contribution in [-0.4, -0.2) is 24.4 Å². The smallest absolute Gasteiger partial charge is 0.279 e. The summed E-state index contributed by atoms with van der Waals surface area (Å²) in [7, 11) is 1.92. The second-order valence-electron chi connectivity index (χ2n) is 6.03. The Kier molecular flexibility index (Phi) is 5.65. The number of hydrogen-bond donors (Lipinski definition) is 2. The Morgan fingerprint density at radius 2 is 1.83 bits per heavy atom. The standard InChI is InChI=1S/C18H21N3O3/c1-13-5-4-6-17(14(13)2)19-18(22)12-20(3)11-15-7-9-16(10-8-15)21(23)24/h4-10H,11-12H2,1-3H3,(H,19,22)/p+1. The minimum atomic E-state index is -0.419. The molecular formula is C18H22N3O3+. The van der Waals surface area contributed by atoms with E-state index in [1.165, 1.54) is 12.1 Å². The van der Waals surface area contributed by atoms with Crippen LogP contribution in [0.2, 0.25) is 0 Å². The van der Waals surface area contributed by atoms with Crippen molar-refractivity contribution in [3.05, 3.63) is 69.3 Å². The summed E-state index contributed by atoms with van der Waals surface area (Å²) < 4.78 is 0. The first-order valence-corrected chi connectivity index (χ1v) is 7.77. The molecule has 6 nitrogen and oxygen atoms in total. The Balaban J connectivity index is 1.91. The van der Waals surface area contributed by atoms with Crippen LogP contribution in [0.1, 0.15) is 16.7 Å². The van der Waals surface area contributed by atoms with Crippen molar-refractivity contribution in [1.82, 2.24) is 0 Å². The van der Waals surface area contributed by atoms with Gasteiger partial charge in [0, 0.05) is 23.4 Å². The summed E-state index contributed by atoms with van der Waals surface area (Å²) in [6.07, 6.45) is 0. The first kappa shape index (κ1) is 17.6. The number of carbonyl (C=O) groups excluding carboxylic acids is 1. The van der Waals surface area contributed by atoms with Gasteiger partial charge in [0.25, 0.3) is 11.6 Å². The highest BCUT2D eigenvalue weighted by molar-refractivity contribution is 5.92. The second kappa shape index (κ2) is 7.70. The maximum atomic E-state index is 12.2. The van der Waals surface area contributed by atoms with Crippen LogP contribution < -0.4 is 10.2 Å². The molecule has 2 aromatic carbocycles. The monoisotopic (exact) mass is 328 g/mol. The topological polar surface area (TPSA) is 76.7 Å². The van der Waals surface area contributed by atoms with Gasteiger partial charge in [-0.3, -0.25) is 14.9 Å². The van der Waals surface area contributed by atoms with E-state index in [0.29, 0.717) is 13.1 Å². The predicted molar refractivity (Wildman–Crippen MR) is 93.1 cm³/mol. The van der Waals surface area contributed by atoms with Crippen LogP contribution in [0.3, 0.4) is 0 Å². The van der Waals surface area contributed by atoms with Crippen molar-refractivity contribution >= 4 is 17.3 Å². The van der Waals surface area contributed by atoms with Crippen LogP contribution in [0.4, 0.5) is 11.4 Å². The van der Waals surface area contributed by atoms with Gasteiger partial charge in [0.2, 0.25) is 0 Å². The highest BCUT2D eigenvalue weighted by Crippen LogP contribution is 2.17. The van der Waals surface area contributed by atoms with Gasteiger partial charge >= 0.3 is 0 Å². The predicted octanol–water partition coefficient (Wildman–Crippen LogP) is 1.87. The number of quaternary nitrogens is 1. The Hall–Kier alpha value is -2.73. The molecule has 126 valence electrons. The highest BCUT2D eigenvalue weighted by Gasteiger charge is 2.13. The molecule has 0 aliphatic rings. The number of nitro benzene ring substituents is 1. The molecule has 0 fully saturated rings. The van der Waals surface area contributed by atoms with Crippen molar-refractivity contribution in [2.75, 3.05) is 18.9 Å². The van der Waals surface area contributed by atoms with E-state index in [4.69, 9.17) is 0 Å². The summed E-state index contributed by atoms with van der Waals surface area (Å²) in [4.78, 5) is 23.4. The zero-order valence-electron chi connectivity index (χ0n) is 14.1. The van der Waals surface area contributed by atoms with E-state index < -0.39 is 4.92 Å². The van der Waals surface area contributed by atoms with Gasteiger partial charge in [0.15, 0.2) is 6.54 Å². The Morgan fingerprint density at radius 1 is 1.17 bits per heavy atom. The zero-order chi connectivity index (χ0) is 17.7. The Labute approximate surface area is 141 Å². The lowest BCUT2D eigenvalue weighted by Crippen LogP contribution is -3.08. The van der Waals surface area contributed by atoms with Crippen molar-refractivity contribution < 1.29 is 14.6 Å². The van der Waals surface area contributed by atoms with Crippen LogP contribution >= 0.6 is 0 Å². The minimum absolute atomic E-state index is 0.0527. The molecule has 6 heteroatoms. The van der Waals surface area contributed by atoms with Crippen LogP contribution in [0.25, 0.3) is 0 Å². The van der Waals surface area contributed by atoms with E-state index in [-0.39, 0.29) is 11.6 Å². The van der Waals surface area contributed by atoms with Crippen LogP contribution in [-0.2, 0) is 11.3 Å². The summed E-state index contributed by atoms with van der Waals surface area (Å²) in [5.74, 6) is -0.0527. The molecular weight excluding hydrogens is 306 g/mol. The normalized spacial score (nSPS) is 11.8. The lowest BCUT2D eigenvalue weighted by molar-refractivity contribution is -0.885. The molecule has 0 radical (unpaired) electrons. The Bertz CT molecular complexity index is 742. The molecule has 1 unspecified atom stereocenters. The molecule has 1 atom stereocenters. The molecule has 0 aliphatic carbocycles. The van der Waals surface area contributed by atoms with Gasteiger partial charge in [-0.05, 0) is 43.2 Å². The second-order valence-corrected chi connectivity index (χ2v) is 6.03. The first-order chi connectivity index (χ1) is 11.4. The maximum Gasteiger partial charge on any atom is 0.279 e. The molecule has 1 amide bonds. The van der Waals surface area contributed by atoms with Crippen molar-refractivity contribution in [1.29, 1.82) is 0 Å². The minimum Gasteiger partial charge on any atom is -0.326 e. The van der Waals surface area contributed by atoms with Gasteiger partial charge in [0.05, 0.1) is 12.0 Å². The third-order valence-corrected chi connectivity index (χ3v) is 3.99. The van der Waals surface area contributed by atoms with Crippen LogP contribution in [0.5, 0.6) is 0 Å². The SMILES string of the molecule is Cc1cccc(NC(=O)C[NH+](C)Cc2ccc([N+](=O)[O-])cc2)c1C. The van der Waals surface area contributed by atoms with Gasteiger partial charge < -0.3 is 10.2 Å². The number of likely N-dealkylation sites (N-methyl/N-ethyl adjacent to an activating group) is 1. The molecule has 2 N–H and O–H groups in total. The van der Waals surface area contributed by atoms with E-state index in [2.05, 4.69) is 5.32 Å².